The minimum absolute atomic E-state index is 0.0791. The van der Waals surface area contributed by atoms with Gasteiger partial charge in [-0.1, -0.05) is 62.9 Å². The molecule has 0 radical (unpaired) electrons. The number of carbonyl (C=O) groups is 1. The molecule has 0 saturated carbocycles. The van der Waals surface area contributed by atoms with E-state index < -0.39 is 0 Å². The molecule has 0 unspecified atom stereocenters. The molecule has 3 nitrogen and oxygen atoms in total. The van der Waals surface area contributed by atoms with Crippen molar-refractivity contribution in [2.75, 3.05) is 0 Å². The summed E-state index contributed by atoms with van der Waals surface area (Å²) in [7, 11) is 0. The van der Waals surface area contributed by atoms with Gasteiger partial charge in [0.25, 0.3) is 5.91 Å². The first-order chi connectivity index (χ1) is 11.7. The van der Waals surface area contributed by atoms with E-state index in [1.54, 1.807) is 6.07 Å². The summed E-state index contributed by atoms with van der Waals surface area (Å²) in [6, 6.07) is 17.1. The van der Waals surface area contributed by atoms with Crippen LogP contribution in [0.15, 0.2) is 54.6 Å². The monoisotopic (exact) mass is 325 g/mol. The van der Waals surface area contributed by atoms with Crippen LogP contribution >= 0.6 is 0 Å². The van der Waals surface area contributed by atoms with E-state index in [1.807, 2.05) is 48.5 Å². The van der Waals surface area contributed by atoms with Crippen molar-refractivity contribution in [1.82, 2.24) is 5.32 Å². The molecule has 0 saturated heterocycles. The minimum atomic E-state index is -0.0791. The third kappa shape index (κ3) is 5.73. The van der Waals surface area contributed by atoms with Crippen LogP contribution in [0.3, 0.4) is 0 Å². The number of hydrogen-bond acceptors (Lipinski definition) is 2. The van der Waals surface area contributed by atoms with Gasteiger partial charge in [0.2, 0.25) is 0 Å². The number of rotatable bonds is 9. The van der Waals surface area contributed by atoms with Crippen molar-refractivity contribution in [1.29, 1.82) is 0 Å². The minimum Gasteiger partial charge on any atom is -0.457 e. The molecule has 3 heteroatoms. The van der Waals surface area contributed by atoms with E-state index in [1.165, 1.54) is 19.3 Å². The number of para-hydroxylation sites is 2. The molecule has 24 heavy (non-hydrogen) atoms. The van der Waals surface area contributed by atoms with Crippen LogP contribution in [0.4, 0.5) is 0 Å². The molecule has 2 rings (SSSR count). The lowest BCUT2D eigenvalue weighted by atomic mass is 10.1. The summed E-state index contributed by atoms with van der Waals surface area (Å²) in [6.07, 6.45) is 5.87. The van der Waals surface area contributed by atoms with Gasteiger partial charge in [-0.2, -0.15) is 0 Å². The quantitative estimate of drug-likeness (QED) is 0.612. The van der Waals surface area contributed by atoms with E-state index in [4.69, 9.17) is 4.74 Å². The molecule has 1 amide bonds. The zero-order valence-electron chi connectivity index (χ0n) is 14.6. The highest BCUT2D eigenvalue weighted by Crippen LogP contribution is 2.25. The predicted octanol–water partition coefficient (Wildman–Crippen LogP) is 5.57. The third-order valence-corrected chi connectivity index (χ3v) is 3.97. The van der Waals surface area contributed by atoms with Crippen LogP contribution in [-0.2, 0) is 0 Å². The zero-order valence-corrected chi connectivity index (χ0v) is 14.6. The lowest BCUT2D eigenvalue weighted by Gasteiger charge is -2.16. The van der Waals surface area contributed by atoms with Crippen LogP contribution in [0.1, 0.15) is 56.3 Å². The first-order valence-corrected chi connectivity index (χ1v) is 8.83. The van der Waals surface area contributed by atoms with Gasteiger partial charge in [-0.25, -0.2) is 0 Å². The Labute approximate surface area is 145 Å². The summed E-state index contributed by atoms with van der Waals surface area (Å²) >= 11 is 0. The molecular weight excluding hydrogens is 298 g/mol. The molecule has 2 aromatic rings. The van der Waals surface area contributed by atoms with Gasteiger partial charge in [0.15, 0.2) is 0 Å². The van der Waals surface area contributed by atoms with Crippen molar-refractivity contribution in [3.05, 3.63) is 60.2 Å². The summed E-state index contributed by atoms with van der Waals surface area (Å²) in [5, 5.41) is 3.08. The molecule has 0 aliphatic rings. The molecule has 0 aromatic heterocycles. The van der Waals surface area contributed by atoms with Crippen molar-refractivity contribution in [2.24, 2.45) is 0 Å². The molecule has 0 aliphatic heterocycles. The van der Waals surface area contributed by atoms with Gasteiger partial charge in [0.1, 0.15) is 11.5 Å². The lowest BCUT2D eigenvalue weighted by molar-refractivity contribution is 0.0935. The standard InChI is InChI=1S/C21H27NO2/c1-3-4-5-7-12-17(2)22-21(23)19-15-10-11-16-20(19)24-18-13-8-6-9-14-18/h6,8-11,13-17H,3-5,7,12H2,1-2H3,(H,22,23)/t17-/m1/s1. The number of nitrogens with one attached hydrogen (secondary N) is 1. The molecule has 1 N–H and O–H groups in total. The van der Waals surface area contributed by atoms with Gasteiger partial charge in [-0.05, 0) is 37.6 Å². The molecular formula is C21H27NO2. The summed E-state index contributed by atoms with van der Waals surface area (Å²) in [4.78, 5) is 12.6. The van der Waals surface area contributed by atoms with E-state index in [2.05, 4.69) is 19.2 Å². The number of carbonyl (C=O) groups excluding carboxylic acids is 1. The fraction of sp³-hybridized carbons (Fsp3) is 0.381. The number of unbranched alkanes of at least 4 members (excludes halogenated alkanes) is 3. The fourth-order valence-electron chi connectivity index (χ4n) is 2.61. The second-order valence-electron chi connectivity index (χ2n) is 6.14. The Morgan fingerprint density at radius 2 is 1.71 bits per heavy atom. The Morgan fingerprint density at radius 1 is 1.00 bits per heavy atom. The largest absolute Gasteiger partial charge is 0.457 e. The average molecular weight is 325 g/mol. The number of hydrogen-bond donors (Lipinski definition) is 1. The molecule has 0 heterocycles. The summed E-state index contributed by atoms with van der Waals surface area (Å²) in [5.41, 5.74) is 0.571. The van der Waals surface area contributed by atoms with Crippen LogP contribution in [-0.4, -0.2) is 11.9 Å². The van der Waals surface area contributed by atoms with Crippen LogP contribution in [0.5, 0.6) is 11.5 Å². The molecule has 0 aliphatic carbocycles. The van der Waals surface area contributed by atoms with Crippen LogP contribution in [0, 0.1) is 0 Å². The van der Waals surface area contributed by atoms with Crippen molar-refractivity contribution >= 4 is 5.91 Å². The SMILES string of the molecule is CCCCCC[C@@H](C)NC(=O)c1ccccc1Oc1ccccc1. The van der Waals surface area contributed by atoms with Crippen LogP contribution < -0.4 is 10.1 Å². The van der Waals surface area contributed by atoms with E-state index in [9.17, 15) is 4.79 Å². The Balaban J connectivity index is 1.96. The van der Waals surface area contributed by atoms with Gasteiger partial charge in [0.05, 0.1) is 5.56 Å². The van der Waals surface area contributed by atoms with Crippen molar-refractivity contribution in [3.63, 3.8) is 0 Å². The number of benzene rings is 2. The van der Waals surface area contributed by atoms with E-state index in [0.717, 1.165) is 18.6 Å². The Kier molecular flexibility index (Phi) is 7.34. The maximum Gasteiger partial charge on any atom is 0.255 e. The highest BCUT2D eigenvalue weighted by Gasteiger charge is 2.14. The van der Waals surface area contributed by atoms with E-state index in [0.29, 0.717) is 11.3 Å². The highest BCUT2D eigenvalue weighted by molar-refractivity contribution is 5.97. The molecule has 0 spiro atoms. The van der Waals surface area contributed by atoms with Gasteiger partial charge in [-0.15, -0.1) is 0 Å². The zero-order chi connectivity index (χ0) is 17.2. The van der Waals surface area contributed by atoms with E-state index in [-0.39, 0.29) is 11.9 Å². The number of ether oxygens (including phenoxy) is 1. The molecule has 128 valence electrons. The molecule has 1 atom stereocenters. The summed E-state index contributed by atoms with van der Waals surface area (Å²) in [5.74, 6) is 1.23. The second kappa shape index (κ2) is 9.76. The maximum absolute atomic E-state index is 12.6. The molecule has 0 fully saturated rings. The average Bonchev–Trinajstić information content (AvgIpc) is 2.60. The lowest BCUT2D eigenvalue weighted by Crippen LogP contribution is -2.32. The van der Waals surface area contributed by atoms with Gasteiger partial charge < -0.3 is 10.1 Å². The fourth-order valence-corrected chi connectivity index (χ4v) is 2.61. The van der Waals surface area contributed by atoms with Crippen molar-refractivity contribution in [3.8, 4) is 11.5 Å². The Bertz CT molecular complexity index is 625. The first-order valence-electron chi connectivity index (χ1n) is 8.83. The number of amides is 1. The van der Waals surface area contributed by atoms with Crippen LogP contribution in [0.2, 0.25) is 0 Å². The van der Waals surface area contributed by atoms with Crippen molar-refractivity contribution in [2.45, 2.75) is 52.0 Å². The second-order valence-corrected chi connectivity index (χ2v) is 6.14. The third-order valence-electron chi connectivity index (χ3n) is 3.97. The van der Waals surface area contributed by atoms with Crippen molar-refractivity contribution < 1.29 is 9.53 Å². The normalized spacial score (nSPS) is 11.8. The topological polar surface area (TPSA) is 38.3 Å². The summed E-state index contributed by atoms with van der Waals surface area (Å²) < 4.78 is 5.86. The van der Waals surface area contributed by atoms with Crippen LogP contribution in [0.25, 0.3) is 0 Å². The Hall–Kier alpha value is -2.29. The maximum atomic E-state index is 12.6. The predicted molar refractivity (Wildman–Crippen MR) is 98.6 cm³/mol. The van der Waals surface area contributed by atoms with Gasteiger partial charge in [-0.3, -0.25) is 4.79 Å². The summed E-state index contributed by atoms with van der Waals surface area (Å²) in [6.45, 7) is 4.26. The van der Waals surface area contributed by atoms with E-state index >= 15 is 0 Å². The highest BCUT2D eigenvalue weighted by atomic mass is 16.5. The first kappa shape index (κ1) is 18.1. The van der Waals surface area contributed by atoms with Gasteiger partial charge >= 0.3 is 0 Å². The smallest absolute Gasteiger partial charge is 0.255 e. The van der Waals surface area contributed by atoms with Gasteiger partial charge in [0, 0.05) is 6.04 Å². The Morgan fingerprint density at radius 3 is 2.46 bits per heavy atom. The molecule has 2 aromatic carbocycles. The molecule has 0 bridgehead atoms.